The molecule has 0 bridgehead atoms. The third-order valence-corrected chi connectivity index (χ3v) is 2.82. The molecule has 0 aliphatic rings. The van der Waals surface area contributed by atoms with Crippen LogP contribution in [0, 0.1) is 6.92 Å². The van der Waals surface area contributed by atoms with Crippen molar-refractivity contribution in [3.05, 3.63) is 58.6 Å². The fourth-order valence-electron chi connectivity index (χ4n) is 1.61. The Morgan fingerprint density at radius 1 is 0.947 bits per heavy atom. The van der Waals surface area contributed by atoms with Crippen LogP contribution in [0.15, 0.2) is 42.5 Å². The SMILES string of the molecule is Cc1ccc(Oc2ccc(Cl)cc2)cc1C(F)(F)F. The summed E-state index contributed by atoms with van der Waals surface area (Å²) in [5.74, 6) is 0.571. The number of hydrogen-bond acceptors (Lipinski definition) is 1. The van der Waals surface area contributed by atoms with Crippen LogP contribution in [0.25, 0.3) is 0 Å². The Bertz CT molecular complexity index is 576. The van der Waals surface area contributed by atoms with Gasteiger partial charge in [0.05, 0.1) is 5.56 Å². The Labute approximate surface area is 113 Å². The van der Waals surface area contributed by atoms with Crippen LogP contribution in [0.3, 0.4) is 0 Å². The van der Waals surface area contributed by atoms with Gasteiger partial charge in [0, 0.05) is 5.02 Å². The van der Waals surface area contributed by atoms with Crippen molar-refractivity contribution in [1.82, 2.24) is 0 Å². The molecule has 0 atom stereocenters. The van der Waals surface area contributed by atoms with Crippen LogP contribution < -0.4 is 4.74 Å². The van der Waals surface area contributed by atoms with Gasteiger partial charge in [-0.15, -0.1) is 0 Å². The van der Waals surface area contributed by atoms with Gasteiger partial charge in [0.1, 0.15) is 11.5 Å². The second-order valence-corrected chi connectivity index (χ2v) is 4.47. The van der Waals surface area contributed by atoms with Crippen molar-refractivity contribution >= 4 is 11.6 Å². The van der Waals surface area contributed by atoms with E-state index in [2.05, 4.69) is 0 Å². The quantitative estimate of drug-likeness (QED) is 0.712. The van der Waals surface area contributed by atoms with Gasteiger partial charge in [0.2, 0.25) is 0 Å². The smallest absolute Gasteiger partial charge is 0.416 e. The highest BCUT2D eigenvalue weighted by molar-refractivity contribution is 6.30. The van der Waals surface area contributed by atoms with Gasteiger partial charge in [0.25, 0.3) is 0 Å². The lowest BCUT2D eigenvalue weighted by Crippen LogP contribution is -2.07. The normalized spacial score (nSPS) is 11.4. The number of hydrogen-bond donors (Lipinski definition) is 0. The van der Waals surface area contributed by atoms with Crippen LogP contribution in [0.1, 0.15) is 11.1 Å². The molecule has 0 fully saturated rings. The average Bonchev–Trinajstić information content (AvgIpc) is 2.33. The first-order valence-electron chi connectivity index (χ1n) is 5.47. The van der Waals surface area contributed by atoms with E-state index in [9.17, 15) is 13.2 Å². The molecule has 5 heteroatoms. The highest BCUT2D eigenvalue weighted by atomic mass is 35.5. The molecule has 0 N–H and O–H groups in total. The summed E-state index contributed by atoms with van der Waals surface area (Å²) in [6.45, 7) is 1.41. The summed E-state index contributed by atoms with van der Waals surface area (Å²) < 4.78 is 43.6. The number of halogens is 4. The van der Waals surface area contributed by atoms with Crippen LogP contribution in [0.2, 0.25) is 5.02 Å². The Balaban J connectivity index is 2.29. The molecule has 0 saturated carbocycles. The number of ether oxygens (including phenoxy) is 1. The van der Waals surface area contributed by atoms with Gasteiger partial charge in [0.15, 0.2) is 0 Å². The van der Waals surface area contributed by atoms with Gasteiger partial charge < -0.3 is 4.74 Å². The van der Waals surface area contributed by atoms with Crippen molar-refractivity contribution in [1.29, 1.82) is 0 Å². The van der Waals surface area contributed by atoms with Crippen LogP contribution >= 0.6 is 11.6 Å². The van der Waals surface area contributed by atoms with Crippen molar-refractivity contribution in [2.24, 2.45) is 0 Å². The molecule has 0 saturated heterocycles. The highest BCUT2D eigenvalue weighted by Crippen LogP contribution is 2.35. The van der Waals surface area contributed by atoms with Gasteiger partial charge in [-0.25, -0.2) is 0 Å². The minimum absolute atomic E-state index is 0.139. The number of aryl methyl sites for hydroxylation is 1. The van der Waals surface area contributed by atoms with E-state index in [0.717, 1.165) is 6.07 Å². The third-order valence-electron chi connectivity index (χ3n) is 2.56. The number of rotatable bonds is 2. The summed E-state index contributed by atoms with van der Waals surface area (Å²) in [5, 5.41) is 0.534. The first-order valence-corrected chi connectivity index (χ1v) is 5.85. The lowest BCUT2D eigenvalue weighted by molar-refractivity contribution is -0.138. The zero-order valence-electron chi connectivity index (χ0n) is 9.96. The summed E-state index contributed by atoms with van der Waals surface area (Å²) in [7, 11) is 0. The zero-order valence-corrected chi connectivity index (χ0v) is 10.7. The van der Waals surface area contributed by atoms with E-state index in [1.165, 1.54) is 19.1 Å². The van der Waals surface area contributed by atoms with E-state index in [1.54, 1.807) is 24.3 Å². The molecule has 0 amide bonds. The molecule has 0 aliphatic carbocycles. The molecule has 0 heterocycles. The summed E-state index contributed by atoms with van der Waals surface area (Å²) in [4.78, 5) is 0. The van der Waals surface area contributed by atoms with Crippen molar-refractivity contribution in [2.75, 3.05) is 0 Å². The zero-order chi connectivity index (χ0) is 14.0. The van der Waals surface area contributed by atoms with Gasteiger partial charge >= 0.3 is 6.18 Å². The molecule has 0 unspecified atom stereocenters. The lowest BCUT2D eigenvalue weighted by atomic mass is 10.1. The van der Waals surface area contributed by atoms with E-state index in [4.69, 9.17) is 16.3 Å². The molecule has 0 radical (unpaired) electrons. The van der Waals surface area contributed by atoms with E-state index in [0.29, 0.717) is 10.8 Å². The monoisotopic (exact) mass is 286 g/mol. The number of alkyl halides is 3. The molecule has 0 aromatic heterocycles. The maximum atomic E-state index is 12.7. The molecule has 0 spiro atoms. The van der Waals surface area contributed by atoms with E-state index < -0.39 is 11.7 Å². The third kappa shape index (κ3) is 3.41. The molecule has 2 aromatic carbocycles. The lowest BCUT2D eigenvalue weighted by Gasteiger charge is -2.12. The van der Waals surface area contributed by atoms with E-state index >= 15 is 0 Å². The van der Waals surface area contributed by atoms with Crippen molar-refractivity contribution in [3.8, 4) is 11.5 Å². The Morgan fingerprint density at radius 2 is 1.53 bits per heavy atom. The Morgan fingerprint density at radius 3 is 2.11 bits per heavy atom. The first-order chi connectivity index (χ1) is 8.86. The Kier molecular flexibility index (Phi) is 3.71. The first kappa shape index (κ1) is 13.7. The minimum Gasteiger partial charge on any atom is -0.457 e. The standard InChI is InChI=1S/C14H10ClF3O/c1-9-2-5-12(8-13(9)14(16,17)18)19-11-6-3-10(15)4-7-11/h2-8H,1H3. The summed E-state index contributed by atoms with van der Waals surface area (Å²) >= 11 is 5.72. The molecule has 2 aromatic rings. The molecule has 100 valence electrons. The Hall–Kier alpha value is -1.68. The molecule has 2 rings (SSSR count). The fourth-order valence-corrected chi connectivity index (χ4v) is 1.73. The largest absolute Gasteiger partial charge is 0.457 e. The highest BCUT2D eigenvalue weighted by Gasteiger charge is 2.32. The van der Waals surface area contributed by atoms with Gasteiger partial charge in [-0.05, 0) is 48.9 Å². The van der Waals surface area contributed by atoms with Crippen LogP contribution in [-0.2, 0) is 6.18 Å². The van der Waals surface area contributed by atoms with E-state index in [-0.39, 0.29) is 11.3 Å². The summed E-state index contributed by atoms with van der Waals surface area (Å²) in [6, 6.07) is 10.3. The van der Waals surface area contributed by atoms with Crippen LogP contribution in [0.5, 0.6) is 11.5 Å². The molecule has 0 aliphatic heterocycles. The fraction of sp³-hybridized carbons (Fsp3) is 0.143. The minimum atomic E-state index is -4.39. The van der Waals surface area contributed by atoms with Crippen molar-refractivity contribution in [3.63, 3.8) is 0 Å². The second kappa shape index (κ2) is 5.13. The van der Waals surface area contributed by atoms with Crippen molar-refractivity contribution < 1.29 is 17.9 Å². The molecular weight excluding hydrogens is 277 g/mol. The van der Waals surface area contributed by atoms with Crippen LogP contribution in [-0.4, -0.2) is 0 Å². The molecule has 19 heavy (non-hydrogen) atoms. The summed E-state index contributed by atoms with van der Waals surface area (Å²) in [5.41, 5.74) is -0.532. The van der Waals surface area contributed by atoms with Gasteiger partial charge in [-0.3, -0.25) is 0 Å². The molecule has 1 nitrogen and oxygen atoms in total. The second-order valence-electron chi connectivity index (χ2n) is 4.03. The van der Waals surface area contributed by atoms with Gasteiger partial charge in [-0.1, -0.05) is 17.7 Å². The average molecular weight is 287 g/mol. The maximum Gasteiger partial charge on any atom is 0.416 e. The number of benzene rings is 2. The summed E-state index contributed by atoms with van der Waals surface area (Å²) in [6.07, 6.45) is -4.39. The van der Waals surface area contributed by atoms with Crippen LogP contribution in [0.4, 0.5) is 13.2 Å². The molecular formula is C14H10ClF3O. The maximum absolute atomic E-state index is 12.7. The van der Waals surface area contributed by atoms with Crippen molar-refractivity contribution in [2.45, 2.75) is 13.1 Å². The van der Waals surface area contributed by atoms with Gasteiger partial charge in [-0.2, -0.15) is 13.2 Å². The predicted molar refractivity (Wildman–Crippen MR) is 67.7 cm³/mol. The predicted octanol–water partition coefficient (Wildman–Crippen LogP) is 5.46. The van der Waals surface area contributed by atoms with E-state index in [1.807, 2.05) is 0 Å². The topological polar surface area (TPSA) is 9.23 Å².